The molecule has 35 heavy (non-hydrogen) atoms. The molecule has 2 heterocycles. The van der Waals surface area contributed by atoms with Crippen molar-refractivity contribution >= 4 is 40.5 Å². The summed E-state index contributed by atoms with van der Waals surface area (Å²) in [4.78, 5) is 37.6. The van der Waals surface area contributed by atoms with Crippen molar-refractivity contribution in [3.05, 3.63) is 92.6 Å². The molecule has 0 aliphatic heterocycles. The van der Waals surface area contributed by atoms with E-state index in [4.69, 9.17) is 20.8 Å². The predicted octanol–water partition coefficient (Wildman–Crippen LogP) is 4.19. The molecule has 2 aromatic carbocycles. The summed E-state index contributed by atoms with van der Waals surface area (Å²) >= 11 is 6.40. The first-order valence-electron chi connectivity index (χ1n) is 10.5. The van der Waals surface area contributed by atoms with E-state index in [2.05, 4.69) is 10.5 Å². The zero-order valence-electron chi connectivity index (χ0n) is 18.7. The van der Waals surface area contributed by atoms with Gasteiger partial charge in [0.25, 0.3) is 11.5 Å². The molecule has 4 rings (SSSR count). The maximum absolute atomic E-state index is 13.3. The number of aryl methyl sites for hydroxylation is 1. The average molecular weight is 494 g/mol. The molecule has 1 amide bonds. The van der Waals surface area contributed by atoms with Crippen LogP contribution in [0.3, 0.4) is 0 Å². The SMILES string of the molecule is CCOC(=O)c1ccc(-n2c(O)c(/C=N/NC(=O)c3ccoc3C)c3ccccc3c2=O)c(Cl)c1. The van der Waals surface area contributed by atoms with Gasteiger partial charge in [0.15, 0.2) is 0 Å². The topological polar surface area (TPSA) is 123 Å². The van der Waals surface area contributed by atoms with Gasteiger partial charge in [-0.05, 0) is 44.2 Å². The maximum Gasteiger partial charge on any atom is 0.338 e. The lowest BCUT2D eigenvalue weighted by molar-refractivity contribution is 0.0526. The van der Waals surface area contributed by atoms with E-state index >= 15 is 0 Å². The first-order valence-corrected chi connectivity index (χ1v) is 10.9. The van der Waals surface area contributed by atoms with Crippen LogP contribution in [0.4, 0.5) is 0 Å². The van der Waals surface area contributed by atoms with Crippen molar-refractivity contribution in [3.8, 4) is 11.6 Å². The van der Waals surface area contributed by atoms with Gasteiger partial charge in [-0.25, -0.2) is 14.8 Å². The summed E-state index contributed by atoms with van der Waals surface area (Å²) in [5, 5.41) is 15.8. The Morgan fingerprint density at radius 1 is 1.20 bits per heavy atom. The van der Waals surface area contributed by atoms with Gasteiger partial charge in [0.1, 0.15) is 5.76 Å². The van der Waals surface area contributed by atoms with E-state index in [1.807, 2.05) is 0 Å². The van der Waals surface area contributed by atoms with Crippen molar-refractivity contribution in [3.63, 3.8) is 0 Å². The molecular weight excluding hydrogens is 474 g/mol. The molecule has 0 bridgehead atoms. The Labute approximate surface area is 204 Å². The minimum Gasteiger partial charge on any atom is -0.494 e. The summed E-state index contributed by atoms with van der Waals surface area (Å²) in [6.45, 7) is 3.52. The van der Waals surface area contributed by atoms with Gasteiger partial charge in [-0.3, -0.25) is 9.59 Å². The Bertz CT molecular complexity index is 1540. The molecular formula is C25H20ClN3O6. The van der Waals surface area contributed by atoms with Gasteiger partial charge in [-0.15, -0.1) is 0 Å². The van der Waals surface area contributed by atoms with E-state index in [-0.39, 0.29) is 33.8 Å². The fourth-order valence-electron chi connectivity index (χ4n) is 3.58. The first kappa shape index (κ1) is 23.8. The molecule has 2 N–H and O–H groups in total. The van der Waals surface area contributed by atoms with Crippen molar-refractivity contribution in [1.29, 1.82) is 0 Å². The molecule has 2 aromatic heterocycles. The molecule has 0 saturated carbocycles. The number of rotatable bonds is 6. The summed E-state index contributed by atoms with van der Waals surface area (Å²) in [6, 6.07) is 12.4. The number of hydrogen-bond donors (Lipinski definition) is 2. The molecule has 0 radical (unpaired) electrons. The zero-order chi connectivity index (χ0) is 25.1. The standard InChI is InChI=1S/C25H20ClN3O6/c1-3-34-25(33)15-8-9-21(20(26)12-15)29-23(31)18-7-5-4-6-17(18)19(24(29)32)13-27-28-22(30)16-10-11-35-14(16)2/h4-13,32H,3H2,1-2H3,(H,28,30)/b27-13+. The van der Waals surface area contributed by atoms with Crippen LogP contribution >= 0.6 is 11.6 Å². The van der Waals surface area contributed by atoms with E-state index in [0.717, 1.165) is 4.57 Å². The third kappa shape index (κ3) is 4.53. The van der Waals surface area contributed by atoms with Crippen molar-refractivity contribution in [2.24, 2.45) is 5.10 Å². The number of furan rings is 1. The number of carbonyl (C=O) groups excluding carboxylic acids is 2. The number of ether oxygens (including phenoxy) is 1. The van der Waals surface area contributed by atoms with Crippen LogP contribution in [-0.2, 0) is 4.74 Å². The van der Waals surface area contributed by atoms with Gasteiger partial charge in [0, 0.05) is 10.8 Å². The van der Waals surface area contributed by atoms with Crippen LogP contribution in [0.1, 0.15) is 39.0 Å². The first-order chi connectivity index (χ1) is 16.8. The fourth-order valence-corrected chi connectivity index (χ4v) is 3.84. The Kier molecular flexibility index (Phi) is 6.70. The number of hydrogen-bond acceptors (Lipinski definition) is 7. The molecule has 0 unspecified atom stereocenters. The normalized spacial score (nSPS) is 11.2. The minimum atomic E-state index is -0.563. The number of benzene rings is 2. The van der Waals surface area contributed by atoms with Gasteiger partial charge in [0.05, 0.1) is 46.5 Å². The number of amides is 1. The summed E-state index contributed by atoms with van der Waals surface area (Å²) in [5.41, 5.74) is 2.69. The monoisotopic (exact) mass is 493 g/mol. The molecule has 4 aromatic rings. The van der Waals surface area contributed by atoms with Crippen LogP contribution in [0.2, 0.25) is 5.02 Å². The summed E-state index contributed by atoms with van der Waals surface area (Å²) < 4.78 is 11.1. The van der Waals surface area contributed by atoms with E-state index in [9.17, 15) is 19.5 Å². The van der Waals surface area contributed by atoms with Crippen molar-refractivity contribution in [2.75, 3.05) is 6.61 Å². The number of halogens is 1. The number of carbonyl (C=O) groups is 2. The summed E-state index contributed by atoms with van der Waals surface area (Å²) in [7, 11) is 0. The number of nitrogens with one attached hydrogen (secondary N) is 1. The number of pyridine rings is 1. The van der Waals surface area contributed by atoms with Crippen LogP contribution < -0.4 is 11.0 Å². The molecule has 0 fully saturated rings. The summed E-state index contributed by atoms with van der Waals surface area (Å²) in [6.07, 6.45) is 2.63. The van der Waals surface area contributed by atoms with Gasteiger partial charge in [0.2, 0.25) is 5.88 Å². The molecule has 0 saturated heterocycles. The predicted molar refractivity (Wildman–Crippen MR) is 131 cm³/mol. The number of hydrazone groups is 1. The second-order valence-corrected chi connectivity index (χ2v) is 7.81. The number of aromatic nitrogens is 1. The average Bonchev–Trinajstić information content (AvgIpc) is 3.28. The third-order valence-electron chi connectivity index (χ3n) is 5.27. The molecule has 9 nitrogen and oxygen atoms in total. The lowest BCUT2D eigenvalue weighted by Crippen LogP contribution is -2.21. The van der Waals surface area contributed by atoms with Crippen LogP contribution in [0.25, 0.3) is 16.5 Å². The minimum absolute atomic E-state index is 0.0508. The highest BCUT2D eigenvalue weighted by atomic mass is 35.5. The van der Waals surface area contributed by atoms with E-state index in [1.54, 1.807) is 38.1 Å². The van der Waals surface area contributed by atoms with Crippen molar-refractivity contribution in [2.45, 2.75) is 13.8 Å². The van der Waals surface area contributed by atoms with E-state index in [0.29, 0.717) is 16.7 Å². The second-order valence-electron chi connectivity index (χ2n) is 7.40. The highest BCUT2D eigenvalue weighted by molar-refractivity contribution is 6.32. The number of nitrogens with zero attached hydrogens (tertiary/aromatic N) is 2. The van der Waals surface area contributed by atoms with Crippen LogP contribution in [0.5, 0.6) is 5.88 Å². The van der Waals surface area contributed by atoms with E-state index in [1.165, 1.54) is 36.7 Å². The highest BCUT2D eigenvalue weighted by Gasteiger charge is 2.19. The molecule has 10 heteroatoms. The Balaban J connectivity index is 1.80. The van der Waals surface area contributed by atoms with Crippen LogP contribution in [-0.4, -0.2) is 34.4 Å². The van der Waals surface area contributed by atoms with Crippen LogP contribution in [0, 0.1) is 6.92 Å². The number of esters is 1. The lowest BCUT2D eigenvalue weighted by atomic mass is 10.1. The van der Waals surface area contributed by atoms with Gasteiger partial charge >= 0.3 is 5.97 Å². The number of aromatic hydroxyl groups is 1. The molecule has 0 aliphatic carbocycles. The molecule has 0 aliphatic rings. The van der Waals surface area contributed by atoms with Crippen molar-refractivity contribution < 1.29 is 23.8 Å². The zero-order valence-corrected chi connectivity index (χ0v) is 19.5. The van der Waals surface area contributed by atoms with E-state index < -0.39 is 23.3 Å². The largest absolute Gasteiger partial charge is 0.494 e. The highest BCUT2D eigenvalue weighted by Crippen LogP contribution is 2.29. The lowest BCUT2D eigenvalue weighted by Gasteiger charge is -2.15. The second kappa shape index (κ2) is 9.86. The fraction of sp³-hybridized carbons (Fsp3) is 0.120. The molecule has 178 valence electrons. The Hall–Kier alpha value is -4.37. The third-order valence-corrected chi connectivity index (χ3v) is 5.57. The van der Waals surface area contributed by atoms with Gasteiger partial charge < -0.3 is 14.3 Å². The van der Waals surface area contributed by atoms with Crippen LogP contribution in [0.15, 0.2) is 69.1 Å². The molecule has 0 spiro atoms. The maximum atomic E-state index is 13.3. The summed E-state index contributed by atoms with van der Waals surface area (Å²) in [5.74, 6) is -1.08. The molecule has 0 atom stereocenters. The Morgan fingerprint density at radius 2 is 1.94 bits per heavy atom. The Morgan fingerprint density at radius 3 is 2.60 bits per heavy atom. The smallest absolute Gasteiger partial charge is 0.338 e. The van der Waals surface area contributed by atoms with Gasteiger partial charge in [-0.1, -0.05) is 29.8 Å². The van der Waals surface area contributed by atoms with Gasteiger partial charge in [-0.2, -0.15) is 5.10 Å². The van der Waals surface area contributed by atoms with Crippen molar-refractivity contribution in [1.82, 2.24) is 9.99 Å². The number of fused-ring (bicyclic) bond motifs is 1. The quantitative estimate of drug-likeness (QED) is 0.236.